The number of hydrogen-bond acceptors (Lipinski definition) is 2. The quantitative estimate of drug-likeness (QED) is 0.170. The van der Waals surface area contributed by atoms with E-state index in [1.54, 1.807) is 0 Å². The molecular weight excluding hydrogens is 924 g/mol. The summed E-state index contributed by atoms with van der Waals surface area (Å²) in [4.78, 5) is -2.24. The molecule has 158 valence electrons. The first kappa shape index (κ1) is 30.6. The molecule has 0 spiro atoms. The molecule has 0 saturated carbocycles. The molecule has 0 aliphatic carbocycles. The third-order valence-corrected chi connectivity index (χ3v) is 165. The lowest BCUT2D eigenvalue weighted by molar-refractivity contribution is 0.309. The van der Waals surface area contributed by atoms with Crippen LogP contribution < -0.4 is 0 Å². The fraction of sp³-hybridized carbons (Fsp3) is 1.00. The highest BCUT2D eigenvalue weighted by Gasteiger charge is 2.76. The molecule has 0 radical (unpaired) electrons. The predicted octanol–water partition coefficient (Wildman–Crippen LogP) is 8.38. The van der Waals surface area contributed by atoms with E-state index in [0.29, 0.717) is 24.2 Å². The molecule has 14 heteroatoms. The molecule has 1 unspecified atom stereocenters. The number of halogens is 8. The standard InChI is InChI=1S/C12H28Br8N2Si4/c1-9(2)21(10(3)4)24(16,17)25(18,19)26(20,23(13,14)15)22(11(5)6)12(7)8/h9-12H,1-8H3. The van der Waals surface area contributed by atoms with Crippen molar-refractivity contribution in [2.45, 2.75) is 79.6 Å². The van der Waals surface area contributed by atoms with Gasteiger partial charge < -0.3 is 9.13 Å². The number of rotatable bonds is 9. The Kier molecular flexibility index (Phi) is 13.2. The van der Waals surface area contributed by atoms with Gasteiger partial charge >= 0.3 is 0 Å². The van der Waals surface area contributed by atoms with Gasteiger partial charge in [-0.3, -0.25) is 0 Å². The highest BCUT2D eigenvalue weighted by atomic mass is 80.0. The van der Waals surface area contributed by atoms with Crippen molar-refractivity contribution in [2.75, 3.05) is 0 Å². The van der Waals surface area contributed by atoms with Crippen LogP contribution in [0.15, 0.2) is 0 Å². The fourth-order valence-electron chi connectivity index (χ4n) is 3.40. The van der Waals surface area contributed by atoms with Gasteiger partial charge in [-0.2, -0.15) is 0 Å². The Bertz CT molecular complexity index is 457. The Morgan fingerprint density at radius 1 is 0.500 bits per heavy atom. The minimum absolute atomic E-state index is 0.416. The first-order valence-corrected chi connectivity index (χ1v) is 37.3. The molecule has 0 aromatic rings. The maximum atomic E-state index is 4.40. The minimum atomic E-state index is -2.29. The molecule has 0 heterocycles. The van der Waals surface area contributed by atoms with Gasteiger partial charge in [0.15, 0.2) is 0 Å². The molecule has 0 rings (SSSR count). The normalized spacial score (nSPS) is 17.3. The maximum Gasteiger partial charge on any atom is 0.283 e. The maximum absolute atomic E-state index is 4.40. The number of hydrogen-bond donors (Lipinski definition) is 0. The van der Waals surface area contributed by atoms with Crippen LogP contribution in [0.5, 0.6) is 0 Å². The van der Waals surface area contributed by atoms with E-state index >= 15 is 0 Å². The van der Waals surface area contributed by atoms with Gasteiger partial charge in [0.05, 0.1) is 0 Å². The highest BCUT2D eigenvalue weighted by Crippen LogP contribution is 2.58. The van der Waals surface area contributed by atoms with Gasteiger partial charge in [-0.05, 0) is 24.2 Å². The second kappa shape index (κ2) is 11.2. The van der Waals surface area contributed by atoms with Gasteiger partial charge in [0.1, 0.15) is 0 Å². The van der Waals surface area contributed by atoms with Crippen LogP contribution in [0.1, 0.15) is 55.4 Å². The molecule has 0 aromatic carbocycles. The van der Waals surface area contributed by atoms with Crippen LogP contribution in [0.2, 0.25) is 0 Å². The monoisotopic (exact) mass is 943 g/mol. The average Bonchev–Trinajstić information content (AvgIpc) is 2.33. The Hall–Kier alpha value is 4.63. The zero-order chi connectivity index (χ0) is 21.5. The van der Waals surface area contributed by atoms with Gasteiger partial charge in [0.25, 0.3) is 12.8 Å². The lowest BCUT2D eigenvalue weighted by Crippen LogP contribution is -2.83. The van der Waals surface area contributed by atoms with E-state index in [1.165, 1.54) is 0 Å². The lowest BCUT2D eigenvalue weighted by Gasteiger charge is -2.56. The van der Waals surface area contributed by atoms with Gasteiger partial charge in [-0.1, -0.05) is 132 Å². The van der Waals surface area contributed by atoms with Crippen LogP contribution in [-0.4, -0.2) is 52.0 Å². The van der Waals surface area contributed by atoms with Crippen molar-refractivity contribution in [3.05, 3.63) is 0 Å². The van der Waals surface area contributed by atoms with Crippen LogP contribution in [-0.2, 0) is 0 Å². The third-order valence-electron chi connectivity index (χ3n) is 4.07. The van der Waals surface area contributed by atoms with Crippen molar-refractivity contribution in [3.63, 3.8) is 0 Å². The van der Waals surface area contributed by atoms with Crippen molar-refractivity contribution in [1.82, 2.24) is 9.13 Å². The van der Waals surface area contributed by atoms with Crippen LogP contribution in [0.3, 0.4) is 0 Å². The molecule has 0 bridgehead atoms. The van der Waals surface area contributed by atoms with Crippen molar-refractivity contribution in [1.29, 1.82) is 0 Å². The van der Waals surface area contributed by atoms with Crippen molar-refractivity contribution >= 4 is 141 Å². The molecule has 1 atom stereocenters. The van der Waals surface area contributed by atoms with E-state index in [4.69, 9.17) is 0 Å². The Labute approximate surface area is 226 Å². The van der Waals surface area contributed by atoms with Crippen LogP contribution in [0, 0.1) is 0 Å². The minimum Gasteiger partial charge on any atom is -0.311 e. The molecule has 0 N–H and O–H groups in total. The zero-order valence-corrected chi connectivity index (χ0v) is 32.9. The molecule has 0 aromatic heterocycles. The summed E-state index contributed by atoms with van der Waals surface area (Å²) in [6.07, 6.45) is 0. The second-order valence-electron chi connectivity index (χ2n) is 7.43. The third kappa shape index (κ3) is 6.15. The smallest absolute Gasteiger partial charge is 0.283 e. The van der Waals surface area contributed by atoms with Gasteiger partial charge in [0, 0.05) is 0 Å². The van der Waals surface area contributed by atoms with Crippen molar-refractivity contribution < 1.29 is 0 Å². The summed E-state index contributed by atoms with van der Waals surface area (Å²) in [6.45, 7) is 18.2. The molecule has 2 nitrogen and oxygen atoms in total. The molecule has 0 aliphatic heterocycles. The zero-order valence-electron chi connectivity index (χ0n) is 16.2. The molecule has 0 saturated heterocycles. The molecule has 0 amide bonds. The first-order chi connectivity index (χ1) is 11.3. The lowest BCUT2D eigenvalue weighted by atomic mass is 10.3. The Morgan fingerprint density at radius 2 is 0.769 bits per heavy atom. The molecule has 0 aliphatic rings. The summed E-state index contributed by atoms with van der Waals surface area (Å²) in [7, 11) is 0. The summed E-state index contributed by atoms with van der Waals surface area (Å²) in [5, 5.41) is 0. The molecular formula is C12H28Br8N2Si4. The van der Waals surface area contributed by atoms with E-state index < -0.39 is 18.7 Å². The SMILES string of the molecule is CC(C)N(C(C)C)[Si](Br)(Br)[Si](Br)(Br)[Si](Br)(N(C(C)C)C(C)C)[Si](Br)(Br)Br. The summed E-state index contributed by atoms with van der Waals surface area (Å²) in [5.41, 5.74) is 0. The van der Waals surface area contributed by atoms with Gasteiger partial charge in [0.2, 0.25) is 5.89 Å². The van der Waals surface area contributed by atoms with Crippen molar-refractivity contribution in [2.24, 2.45) is 0 Å². The van der Waals surface area contributed by atoms with E-state index in [0.717, 1.165) is 0 Å². The Balaban J connectivity index is 6.76. The summed E-state index contributed by atoms with van der Waals surface area (Å²) >= 11 is 33.8. The van der Waals surface area contributed by atoms with E-state index in [-0.39, 0.29) is 0 Å². The van der Waals surface area contributed by atoms with E-state index in [2.05, 4.69) is 187 Å². The summed E-state index contributed by atoms with van der Waals surface area (Å²) < 4.78 is 0.917. The van der Waals surface area contributed by atoms with Gasteiger partial charge in [-0.25, -0.2) is 0 Å². The molecule has 0 fully saturated rings. The second-order valence-corrected chi connectivity index (χ2v) is 97.5. The summed E-state index contributed by atoms with van der Waals surface area (Å²) in [5.74, 6) is -2.29. The van der Waals surface area contributed by atoms with Gasteiger partial charge in [-0.15, -0.1) is 45.9 Å². The topological polar surface area (TPSA) is 6.48 Å². The van der Waals surface area contributed by atoms with E-state index in [9.17, 15) is 0 Å². The Morgan fingerprint density at radius 3 is 0.962 bits per heavy atom. The van der Waals surface area contributed by atoms with Crippen molar-refractivity contribution in [3.8, 4) is 0 Å². The average molecular weight is 952 g/mol. The summed E-state index contributed by atoms with van der Waals surface area (Å²) in [6, 6.07) is 1.69. The highest BCUT2D eigenvalue weighted by molar-refractivity contribution is 9.80. The number of nitrogens with zero attached hydrogens (tertiary/aromatic N) is 2. The first-order valence-electron chi connectivity index (χ1n) is 8.36. The predicted molar refractivity (Wildman–Crippen MR) is 159 cm³/mol. The van der Waals surface area contributed by atoms with Crippen LogP contribution in [0.25, 0.3) is 0 Å². The van der Waals surface area contributed by atoms with Crippen LogP contribution in [0.4, 0.5) is 0 Å². The van der Waals surface area contributed by atoms with E-state index in [1.807, 2.05) is 0 Å². The molecule has 26 heavy (non-hydrogen) atoms. The van der Waals surface area contributed by atoms with Crippen LogP contribution >= 0.6 is 122 Å². The largest absolute Gasteiger partial charge is 0.311 e. The fourth-order valence-corrected chi connectivity index (χ4v) is 202.